The molecule has 1 heterocycles. The Labute approximate surface area is 111 Å². The largest absolute Gasteiger partial charge is 0.383 e. The number of rotatable bonds is 8. The maximum Gasteiger partial charge on any atom is 0.130 e. The first-order valence-corrected chi connectivity index (χ1v) is 6.90. The number of allylic oxidation sites excluding steroid dienone is 1. The van der Waals surface area contributed by atoms with Crippen molar-refractivity contribution in [3.05, 3.63) is 30.2 Å². The first kappa shape index (κ1) is 14.7. The van der Waals surface area contributed by atoms with E-state index in [1.54, 1.807) is 6.33 Å². The van der Waals surface area contributed by atoms with Gasteiger partial charge in [0, 0.05) is 5.56 Å². The lowest BCUT2D eigenvalue weighted by Crippen LogP contribution is -2.08. The zero-order chi connectivity index (χ0) is 13.4. The van der Waals surface area contributed by atoms with Crippen LogP contribution >= 0.6 is 0 Å². The molecular formula is C15H25N3. The van der Waals surface area contributed by atoms with Gasteiger partial charge in [-0.15, -0.1) is 6.58 Å². The van der Waals surface area contributed by atoms with E-state index in [4.69, 9.17) is 5.73 Å². The third-order valence-electron chi connectivity index (χ3n) is 3.30. The molecule has 0 fully saturated rings. The topological polar surface area (TPSA) is 51.8 Å². The van der Waals surface area contributed by atoms with Gasteiger partial charge in [0.05, 0.1) is 5.69 Å². The van der Waals surface area contributed by atoms with Crippen molar-refractivity contribution < 1.29 is 0 Å². The van der Waals surface area contributed by atoms with E-state index < -0.39 is 0 Å². The van der Waals surface area contributed by atoms with Crippen molar-refractivity contribution in [3.8, 4) is 0 Å². The summed E-state index contributed by atoms with van der Waals surface area (Å²) in [6.45, 7) is 8.19. The molecule has 100 valence electrons. The van der Waals surface area contributed by atoms with Gasteiger partial charge in [-0.3, -0.25) is 0 Å². The minimum Gasteiger partial charge on any atom is -0.383 e. The minimum atomic E-state index is 0.467. The monoisotopic (exact) mass is 247 g/mol. The molecule has 1 unspecified atom stereocenters. The number of unbranched alkanes of at least 4 members (excludes halogenated alkanes) is 2. The number of hydrogen-bond acceptors (Lipinski definition) is 3. The van der Waals surface area contributed by atoms with E-state index in [1.165, 1.54) is 19.3 Å². The van der Waals surface area contributed by atoms with Crippen molar-refractivity contribution in [2.75, 3.05) is 5.73 Å². The van der Waals surface area contributed by atoms with Gasteiger partial charge in [0.2, 0.25) is 0 Å². The van der Waals surface area contributed by atoms with Gasteiger partial charge in [-0.1, -0.05) is 32.8 Å². The van der Waals surface area contributed by atoms with E-state index in [2.05, 4.69) is 30.4 Å². The summed E-state index contributed by atoms with van der Waals surface area (Å²) >= 11 is 0. The van der Waals surface area contributed by atoms with Crippen LogP contribution in [0.4, 0.5) is 5.82 Å². The van der Waals surface area contributed by atoms with Gasteiger partial charge in [0.15, 0.2) is 0 Å². The van der Waals surface area contributed by atoms with Gasteiger partial charge in [0.25, 0.3) is 0 Å². The van der Waals surface area contributed by atoms with E-state index in [1.807, 2.05) is 6.08 Å². The Kier molecular flexibility index (Phi) is 6.40. The SMILES string of the molecule is C=CCCCc1c(N)ncnc1C(C)CCCC. The van der Waals surface area contributed by atoms with Gasteiger partial charge in [-0.25, -0.2) is 9.97 Å². The Bertz CT molecular complexity index is 374. The highest BCUT2D eigenvalue weighted by molar-refractivity contribution is 5.42. The Morgan fingerprint density at radius 3 is 2.83 bits per heavy atom. The van der Waals surface area contributed by atoms with E-state index in [0.717, 1.165) is 30.5 Å². The minimum absolute atomic E-state index is 0.467. The van der Waals surface area contributed by atoms with Crippen LogP contribution in [0.5, 0.6) is 0 Å². The summed E-state index contributed by atoms with van der Waals surface area (Å²) in [6, 6.07) is 0. The average Bonchev–Trinajstić information content (AvgIpc) is 2.38. The molecule has 0 spiro atoms. The van der Waals surface area contributed by atoms with Gasteiger partial charge in [-0.2, -0.15) is 0 Å². The fraction of sp³-hybridized carbons (Fsp3) is 0.600. The van der Waals surface area contributed by atoms with Crippen LogP contribution in [0.2, 0.25) is 0 Å². The average molecular weight is 247 g/mol. The van der Waals surface area contributed by atoms with E-state index in [0.29, 0.717) is 11.7 Å². The van der Waals surface area contributed by atoms with Crippen molar-refractivity contribution in [2.45, 2.75) is 58.3 Å². The standard InChI is InChI=1S/C15H25N3/c1-4-6-8-10-13-14(12(3)9-7-5-2)17-11-18-15(13)16/h4,11-12H,1,5-10H2,2-3H3,(H2,16,17,18). The van der Waals surface area contributed by atoms with Crippen LogP contribution in [0.15, 0.2) is 19.0 Å². The van der Waals surface area contributed by atoms with Crippen LogP contribution in [0, 0.1) is 0 Å². The van der Waals surface area contributed by atoms with Crippen molar-refractivity contribution >= 4 is 5.82 Å². The molecule has 1 atom stereocenters. The molecule has 1 rings (SSSR count). The van der Waals surface area contributed by atoms with E-state index in [9.17, 15) is 0 Å². The second kappa shape index (κ2) is 7.85. The quantitative estimate of drug-likeness (QED) is 0.560. The van der Waals surface area contributed by atoms with Gasteiger partial charge in [0.1, 0.15) is 12.1 Å². The van der Waals surface area contributed by atoms with Crippen molar-refractivity contribution in [1.82, 2.24) is 9.97 Å². The Morgan fingerprint density at radius 2 is 2.17 bits per heavy atom. The molecule has 3 heteroatoms. The van der Waals surface area contributed by atoms with Crippen molar-refractivity contribution in [1.29, 1.82) is 0 Å². The third-order valence-corrected chi connectivity index (χ3v) is 3.30. The molecule has 2 N–H and O–H groups in total. The van der Waals surface area contributed by atoms with Gasteiger partial charge >= 0.3 is 0 Å². The smallest absolute Gasteiger partial charge is 0.130 e. The molecule has 18 heavy (non-hydrogen) atoms. The predicted molar refractivity (Wildman–Crippen MR) is 77.5 cm³/mol. The second-order valence-corrected chi connectivity index (χ2v) is 4.85. The van der Waals surface area contributed by atoms with Crippen LogP contribution in [0.3, 0.4) is 0 Å². The lowest BCUT2D eigenvalue weighted by molar-refractivity contribution is 0.602. The Hall–Kier alpha value is -1.38. The lowest BCUT2D eigenvalue weighted by atomic mass is 9.94. The molecule has 3 nitrogen and oxygen atoms in total. The summed E-state index contributed by atoms with van der Waals surface area (Å²) in [7, 11) is 0. The molecule has 0 saturated heterocycles. The highest BCUT2D eigenvalue weighted by Crippen LogP contribution is 2.26. The zero-order valence-corrected chi connectivity index (χ0v) is 11.7. The summed E-state index contributed by atoms with van der Waals surface area (Å²) in [6.07, 6.45) is 10.2. The first-order chi connectivity index (χ1) is 8.70. The maximum atomic E-state index is 5.99. The van der Waals surface area contributed by atoms with Crippen LogP contribution in [-0.4, -0.2) is 9.97 Å². The molecule has 1 aromatic rings. The number of nitrogens with two attached hydrogens (primary N) is 1. The van der Waals surface area contributed by atoms with Crippen molar-refractivity contribution in [3.63, 3.8) is 0 Å². The van der Waals surface area contributed by atoms with Crippen LogP contribution in [-0.2, 0) is 6.42 Å². The molecule has 0 bridgehead atoms. The molecule has 1 aromatic heterocycles. The van der Waals surface area contributed by atoms with Gasteiger partial charge in [-0.05, 0) is 31.6 Å². The number of aromatic nitrogens is 2. The third kappa shape index (κ3) is 4.13. The first-order valence-electron chi connectivity index (χ1n) is 6.90. The highest BCUT2D eigenvalue weighted by atomic mass is 14.9. The van der Waals surface area contributed by atoms with E-state index >= 15 is 0 Å². The maximum absolute atomic E-state index is 5.99. The van der Waals surface area contributed by atoms with Crippen molar-refractivity contribution in [2.24, 2.45) is 0 Å². The number of nitrogens with zero attached hydrogens (tertiary/aromatic N) is 2. The molecule has 0 aliphatic carbocycles. The predicted octanol–water partition coefficient (Wildman–Crippen LogP) is 3.86. The number of anilines is 1. The molecule has 0 amide bonds. The molecule has 0 aliphatic rings. The summed E-state index contributed by atoms with van der Waals surface area (Å²) in [4.78, 5) is 8.58. The summed E-state index contributed by atoms with van der Waals surface area (Å²) in [5.41, 5.74) is 8.27. The number of nitrogen functional groups attached to an aromatic ring is 1. The second-order valence-electron chi connectivity index (χ2n) is 4.85. The Morgan fingerprint density at radius 1 is 1.39 bits per heavy atom. The highest BCUT2D eigenvalue weighted by Gasteiger charge is 2.14. The molecular weight excluding hydrogens is 222 g/mol. The van der Waals surface area contributed by atoms with Gasteiger partial charge < -0.3 is 5.73 Å². The Balaban J connectivity index is 2.81. The van der Waals surface area contributed by atoms with E-state index in [-0.39, 0.29) is 0 Å². The summed E-state index contributed by atoms with van der Waals surface area (Å²) in [5.74, 6) is 1.11. The summed E-state index contributed by atoms with van der Waals surface area (Å²) < 4.78 is 0. The zero-order valence-electron chi connectivity index (χ0n) is 11.7. The number of hydrogen-bond donors (Lipinski definition) is 1. The fourth-order valence-electron chi connectivity index (χ4n) is 2.19. The molecule has 0 aliphatic heterocycles. The molecule has 0 aromatic carbocycles. The van der Waals surface area contributed by atoms with Crippen LogP contribution < -0.4 is 5.73 Å². The summed E-state index contributed by atoms with van der Waals surface area (Å²) in [5, 5.41) is 0. The normalized spacial score (nSPS) is 12.3. The molecule has 0 saturated carbocycles. The van der Waals surface area contributed by atoms with Crippen LogP contribution in [0.1, 0.15) is 63.1 Å². The molecule has 0 radical (unpaired) electrons. The fourth-order valence-corrected chi connectivity index (χ4v) is 2.19. The lowest BCUT2D eigenvalue weighted by Gasteiger charge is -2.16. The van der Waals surface area contributed by atoms with Crippen LogP contribution in [0.25, 0.3) is 0 Å².